The summed E-state index contributed by atoms with van der Waals surface area (Å²) >= 11 is 6.32. The molecule has 3 aliphatic heterocycles. The van der Waals surface area contributed by atoms with Gasteiger partial charge in [0.2, 0.25) is 0 Å². The Bertz CT molecular complexity index is 1100. The first kappa shape index (κ1) is 31.5. The minimum Gasteiger partial charge on any atom is -0.393 e. The second-order valence-electron chi connectivity index (χ2n) is 12.3. The summed E-state index contributed by atoms with van der Waals surface area (Å²) in [4.78, 5) is 7.39. The maximum Gasteiger partial charge on any atom is 0.101 e. The van der Waals surface area contributed by atoms with E-state index in [-0.39, 0.29) is 6.10 Å². The third-order valence-corrected chi connectivity index (χ3v) is 9.85. The molecule has 0 radical (unpaired) electrons. The van der Waals surface area contributed by atoms with E-state index in [1.807, 2.05) is 32.0 Å². The molecule has 0 aromatic heterocycles. The first-order chi connectivity index (χ1) is 20.0. The molecule has 1 saturated carbocycles. The Morgan fingerprint density at radius 3 is 1.78 bits per heavy atom. The molecule has 224 valence electrons. The number of piperidine rings is 2. The lowest BCUT2D eigenvalue weighted by Gasteiger charge is -2.40. The second-order valence-corrected chi connectivity index (χ2v) is 12.7. The van der Waals surface area contributed by atoms with E-state index < -0.39 is 0 Å². The van der Waals surface area contributed by atoms with Crippen LogP contribution in [0.15, 0.2) is 42.5 Å². The summed E-state index contributed by atoms with van der Waals surface area (Å²) in [6.07, 6.45) is 14.2. The number of nitriles is 1. The van der Waals surface area contributed by atoms with Crippen molar-refractivity contribution < 1.29 is 5.11 Å². The fraction of sp³-hybridized carbons (Fsp3) is 0.629. The van der Waals surface area contributed by atoms with Crippen molar-refractivity contribution in [3.05, 3.63) is 53.1 Å². The molecule has 5 nitrogen and oxygen atoms in total. The standard InChI is InChI=1S/C27H33ClN4O.C6H12.C2H6/c1-20-17-27(19-32(20)24-3-2-21(18-29)26(28)16-24)10-14-31(15-11-27)23-6-4-22(5-7-23)30-12-8-25(33)9-13-30;1-2-4-6-5-3-1;1-2/h2-7,16,20,25,33H,8-15,17,19H2,1H3;1-6H2;1-2H3. The van der Waals surface area contributed by atoms with E-state index >= 15 is 0 Å². The monoisotopic (exact) mass is 578 g/mol. The molecule has 2 aromatic rings. The Labute approximate surface area is 254 Å². The molecule has 2 aromatic carbocycles. The van der Waals surface area contributed by atoms with E-state index in [9.17, 15) is 10.4 Å². The zero-order valence-corrected chi connectivity index (χ0v) is 26.4. The van der Waals surface area contributed by atoms with Gasteiger partial charge in [-0.2, -0.15) is 5.26 Å². The summed E-state index contributed by atoms with van der Waals surface area (Å²) in [5.41, 5.74) is 4.60. The van der Waals surface area contributed by atoms with Crippen LogP contribution in [0.3, 0.4) is 0 Å². The minimum atomic E-state index is -0.135. The summed E-state index contributed by atoms with van der Waals surface area (Å²) in [5.74, 6) is 0. The molecule has 1 atom stereocenters. The van der Waals surface area contributed by atoms with E-state index in [4.69, 9.17) is 11.6 Å². The first-order valence-corrected chi connectivity index (χ1v) is 16.6. The zero-order chi connectivity index (χ0) is 29.2. The van der Waals surface area contributed by atoms with Crippen molar-refractivity contribution in [3.8, 4) is 6.07 Å². The smallest absolute Gasteiger partial charge is 0.101 e. The van der Waals surface area contributed by atoms with Gasteiger partial charge in [0.25, 0.3) is 0 Å². The molecule has 6 heteroatoms. The van der Waals surface area contributed by atoms with Gasteiger partial charge >= 0.3 is 0 Å². The SMILES string of the molecule is C1CCCCC1.CC.CC1CC2(CCN(c3ccc(N4CCC(O)CC4)cc3)CC2)CN1c1ccc(C#N)c(Cl)c1. The predicted octanol–water partition coefficient (Wildman–Crippen LogP) is 8.42. The van der Waals surface area contributed by atoms with Crippen molar-refractivity contribution in [3.63, 3.8) is 0 Å². The Morgan fingerprint density at radius 2 is 1.29 bits per heavy atom. The maximum atomic E-state index is 9.75. The van der Waals surface area contributed by atoms with Crippen LogP contribution in [0.4, 0.5) is 17.1 Å². The van der Waals surface area contributed by atoms with Gasteiger partial charge < -0.3 is 19.8 Å². The highest BCUT2D eigenvalue weighted by molar-refractivity contribution is 6.32. The fourth-order valence-electron chi connectivity index (χ4n) is 7.10. The maximum absolute atomic E-state index is 9.75. The van der Waals surface area contributed by atoms with E-state index in [0.717, 1.165) is 51.3 Å². The minimum absolute atomic E-state index is 0.135. The van der Waals surface area contributed by atoms with E-state index in [1.165, 1.54) is 69.2 Å². The summed E-state index contributed by atoms with van der Waals surface area (Å²) in [6, 6.07) is 17.5. The summed E-state index contributed by atoms with van der Waals surface area (Å²) in [6.45, 7) is 11.4. The zero-order valence-electron chi connectivity index (χ0n) is 25.6. The van der Waals surface area contributed by atoms with Crippen molar-refractivity contribution in [2.45, 2.75) is 104 Å². The number of hydrogen-bond acceptors (Lipinski definition) is 5. The molecule has 6 rings (SSSR count). The van der Waals surface area contributed by atoms with Gasteiger partial charge in [0, 0.05) is 55.8 Å². The van der Waals surface area contributed by atoms with Crippen LogP contribution in [0.5, 0.6) is 0 Å². The van der Waals surface area contributed by atoms with Crippen molar-refractivity contribution >= 4 is 28.7 Å². The summed E-state index contributed by atoms with van der Waals surface area (Å²) < 4.78 is 0. The summed E-state index contributed by atoms with van der Waals surface area (Å²) in [5, 5.41) is 19.5. The van der Waals surface area contributed by atoms with Gasteiger partial charge in [0.05, 0.1) is 16.7 Å². The number of aliphatic hydroxyl groups is 1. The van der Waals surface area contributed by atoms with E-state index in [1.54, 1.807) is 0 Å². The first-order valence-electron chi connectivity index (χ1n) is 16.2. The van der Waals surface area contributed by atoms with Crippen LogP contribution in [0.25, 0.3) is 0 Å². The van der Waals surface area contributed by atoms with Crippen LogP contribution in [0.1, 0.15) is 97.0 Å². The van der Waals surface area contributed by atoms with Gasteiger partial charge in [-0.1, -0.05) is 64.0 Å². The van der Waals surface area contributed by atoms with Crippen LogP contribution >= 0.6 is 11.6 Å². The number of anilines is 3. The molecule has 1 aliphatic carbocycles. The number of aliphatic hydroxyl groups excluding tert-OH is 1. The lowest BCUT2D eigenvalue weighted by molar-refractivity contribution is 0.145. The van der Waals surface area contributed by atoms with Crippen molar-refractivity contribution in [2.75, 3.05) is 47.4 Å². The van der Waals surface area contributed by atoms with Crippen LogP contribution in [-0.2, 0) is 0 Å². The molecule has 0 amide bonds. The molecule has 0 bridgehead atoms. The van der Waals surface area contributed by atoms with Crippen molar-refractivity contribution in [2.24, 2.45) is 5.41 Å². The van der Waals surface area contributed by atoms with Gasteiger partial charge in [-0.3, -0.25) is 0 Å². The normalized spacial score (nSPS) is 22.3. The lowest BCUT2D eigenvalue weighted by Crippen LogP contribution is -2.41. The van der Waals surface area contributed by atoms with Crippen molar-refractivity contribution in [1.82, 2.24) is 0 Å². The number of nitrogens with zero attached hydrogens (tertiary/aromatic N) is 4. The molecular formula is C35H51ClN4O. The van der Waals surface area contributed by atoms with Crippen LogP contribution in [0, 0.1) is 16.7 Å². The highest BCUT2D eigenvalue weighted by Crippen LogP contribution is 2.46. The largest absolute Gasteiger partial charge is 0.393 e. The van der Waals surface area contributed by atoms with Crippen LogP contribution < -0.4 is 14.7 Å². The third kappa shape index (κ3) is 8.11. The molecule has 41 heavy (non-hydrogen) atoms. The molecule has 4 aliphatic rings. The molecule has 1 N–H and O–H groups in total. The highest BCUT2D eigenvalue weighted by Gasteiger charge is 2.44. The Balaban J connectivity index is 0.000000424. The van der Waals surface area contributed by atoms with E-state index in [2.05, 4.69) is 52.0 Å². The molecule has 3 heterocycles. The average molecular weight is 579 g/mol. The number of rotatable bonds is 3. The lowest BCUT2D eigenvalue weighted by atomic mass is 9.76. The molecule has 4 fully saturated rings. The quantitative estimate of drug-likeness (QED) is 0.396. The molecule has 3 saturated heterocycles. The number of halogens is 1. The second kappa shape index (κ2) is 15.2. The Morgan fingerprint density at radius 1 is 0.805 bits per heavy atom. The Kier molecular flexibility index (Phi) is 11.7. The third-order valence-electron chi connectivity index (χ3n) is 9.54. The van der Waals surface area contributed by atoms with E-state index in [0.29, 0.717) is 22.0 Å². The fourth-order valence-corrected chi connectivity index (χ4v) is 7.32. The summed E-state index contributed by atoms with van der Waals surface area (Å²) in [7, 11) is 0. The predicted molar refractivity (Wildman–Crippen MR) is 174 cm³/mol. The van der Waals surface area contributed by atoms with Gasteiger partial charge in [-0.25, -0.2) is 0 Å². The van der Waals surface area contributed by atoms with Gasteiger partial charge in [0.1, 0.15) is 6.07 Å². The average Bonchev–Trinajstić information content (AvgIpc) is 3.35. The van der Waals surface area contributed by atoms with Crippen LogP contribution in [-0.4, -0.2) is 50.0 Å². The highest BCUT2D eigenvalue weighted by atomic mass is 35.5. The number of benzene rings is 2. The molecule has 1 unspecified atom stereocenters. The molecule has 1 spiro atoms. The molecular weight excluding hydrogens is 528 g/mol. The topological polar surface area (TPSA) is 53.7 Å². The number of hydrogen-bond donors (Lipinski definition) is 1. The van der Waals surface area contributed by atoms with Gasteiger partial charge in [-0.15, -0.1) is 0 Å². The van der Waals surface area contributed by atoms with Crippen molar-refractivity contribution in [1.29, 1.82) is 5.26 Å². The van der Waals surface area contributed by atoms with Crippen LogP contribution in [0.2, 0.25) is 5.02 Å². The van der Waals surface area contributed by atoms with Gasteiger partial charge in [0.15, 0.2) is 0 Å². The van der Waals surface area contributed by atoms with Gasteiger partial charge in [-0.05, 0) is 86.9 Å². The Hall–Kier alpha value is -2.42.